The molecule has 27 heavy (non-hydrogen) atoms. The summed E-state index contributed by atoms with van der Waals surface area (Å²) in [6, 6.07) is 11.8. The topological polar surface area (TPSA) is 71.5 Å². The van der Waals surface area contributed by atoms with Gasteiger partial charge >= 0.3 is 6.09 Å². The molecular weight excluding hydrogens is 342 g/mol. The highest BCUT2D eigenvalue weighted by Crippen LogP contribution is 2.31. The van der Waals surface area contributed by atoms with E-state index >= 15 is 0 Å². The summed E-state index contributed by atoms with van der Waals surface area (Å²) in [5.41, 5.74) is 2.82. The SMILES string of the molecule is Cc1nccc(-c2ccccc2)c1C(=O)N1CCCC2(CC1)CNC(=O)O2. The number of aromatic nitrogens is 1. The zero-order valence-electron chi connectivity index (χ0n) is 15.4. The van der Waals surface area contributed by atoms with Gasteiger partial charge in [-0.2, -0.15) is 0 Å². The molecule has 1 unspecified atom stereocenters. The van der Waals surface area contributed by atoms with E-state index < -0.39 is 5.60 Å². The average Bonchev–Trinajstić information content (AvgIpc) is 2.92. The van der Waals surface area contributed by atoms with Crippen molar-refractivity contribution in [3.63, 3.8) is 0 Å². The summed E-state index contributed by atoms with van der Waals surface area (Å²) in [4.78, 5) is 31.1. The molecule has 2 saturated heterocycles. The minimum Gasteiger partial charge on any atom is -0.441 e. The van der Waals surface area contributed by atoms with Gasteiger partial charge in [-0.3, -0.25) is 9.78 Å². The highest BCUT2D eigenvalue weighted by molar-refractivity contribution is 6.01. The zero-order chi connectivity index (χ0) is 18.9. The van der Waals surface area contributed by atoms with Crippen LogP contribution >= 0.6 is 0 Å². The minimum atomic E-state index is -0.474. The maximum atomic E-state index is 13.4. The van der Waals surface area contributed by atoms with E-state index in [1.807, 2.05) is 48.2 Å². The molecule has 2 fully saturated rings. The van der Waals surface area contributed by atoms with E-state index in [0.717, 1.165) is 29.7 Å². The predicted molar refractivity (Wildman–Crippen MR) is 101 cm³/mol. The van der Waals surface area contributed by atoms with Crippen molar-refractivity contribution in [2.45, 2.75) is 31.8 Å². The number of amides is 2. The number of benzene rings is 1. The van der Waals surface area contributed by atoms with E-state index in [9.17, 15) is 9.59 Å². The normalized spacial score (nSPS) is 22.3. The molecule has 1 aromatic carbocycles. The number of rotatable bonds is 2. The maximum absolute atomic E-state index is 13.4. The molecule has 4 rings (SSSR count). The van der Waals surface area contributed by atoms with Crippen molar-refractivity contribution in [3.05, 3.63) is 53.9 Å². The van der Waals surface area contributed by atoms with Gasteiger partial charge in [-0.05, 0) is 37.0 Å². The molecule has 0 aliphatic carbocycles. The number of hydrogen-bond acceptors (Lipinski definition) is 4. The molecule has 0 saturated carbocycles. The summed E-state index contributed by atoms with van der Waals surface area (Å²) in [7, 11) is 0. The lowest BCUT2D eigenvalue weighted by Gasteiger charge is -2.25. The number of nitrogens with zero attached hydrogens (tertiary/aromatic N) is 2. The number of alkyl carbamates (subject to hydrolysis) is 1. The summed E-state index contributed by atoms with van der Waals surface area (Å²) < 4.78 is 5.52. The smallest absolute Gasteiger partial charge is 0.407 e. The van der Waals surface area contributed by atoms with Crippen molar-refractivity contribution in [2.75, 3.05) is 19.6 Å². The maximum Gasteiger partial charge on any atom is 0.407 e. The summed E-state index contributed by atoms with van der Waals surface area (Å²) in [5.74, 6) is -0.00575. The summed E-state index contributed by atoms with van der Waals surface area (Å²) in [6.45, 7) is 3.62. The molecule has 1 aromatic heterocycles. The third-order valence-electron chi connectivity index (χ3n) is 5.49. The molecule has 1 spiro atoms. The number of aryl methyl sites for hydroxylation is 1. The fraction of sp³-hybridized carbons (Fsp3) is 0.381. The van der Waals surface area contributed by atoms with Crippen LogP contribution in [0.25, 0.3) is 11.1 Å². The molecule has 1 atom stereocenters. The molecule has 140 valence electrons. The molecule has 0 bridgehead atoms. The van der Waals surface area contributed by atoms with Gasteiger partial charge in [-0.1, -0.05) is 30.3 Å². The Hall–Kier alpha value is -2.89. The van der Waals surface area contributed by atoms with E-state index in [-0.39, 0.29) is 12.0 Å². The van der Waals surface area contributed by atoms with E-state index in [2.05, 4.69) is 10.3 Å². The van der Waals surface area contributed by atoms with Crippen molar-refractivity contribution in [1.29, 1.82) is 0 Å². The Labute approximate surface area is 158 Å². The second-order valence-corrected chi connectivity index (χ2v) is 7.26. The van der Waals surface area contributed by atoms with Gasteiger partial charge in [0.25, 0.3) is 5.91 Å². The van der Waals surface area contributed by atoms with E-state index in [1.165, 1.54) is 0 Å². The molecule has 1 N–H and O–H groups in total. The van der Waals surface area contributed by atoms with E-state index in [4.69, 9.17) is 4.74 Å². The minimum absolute atomic E-state index is 0.00575. The lowest BCUT2D eigenvalue weighted by molar-refractivity contribution is 0.0439. The summed E-state index contributed by atoms with van der Waals surface area (Å²) in [6.07, 6.45) is 3.62. The zero-order valence-corrected chi connectivity index (χ0v) is 15.4. The predicted octanol–water partition coefficient (Wildman–Crippen LogP) is 3.16. The Kier molecular flexibility index (Phi) is 4.56. The Balaban J connectivity index is 1.61. The Morgan fingerprint density at radius 1 is 1.19 bits per heavy atom. The van der Waals surface area contributed by atoms with Crippen LogP contribution in [0.3, 0.4) is 0 Å². The molecule has 6 nitrogen and oxygen atoms in total. The standard InChI is InChI=1S/C21H23N3O3/c1-15-18(17(8-11-22-15)16-6-3-2-4-7-16)19(25)24-12-5-9-21(10-13-24)14-23-20(26)27-21/h2-4,6-8,11H,5,9-10,12-14H2,1H3,(H,23,26). The lowest BCUT2D eigenvalue weighted by Crippen LogP contribution is -2.37. The van der Waals surface area contributed by atoms with Gasteiger partial charge in [0.15, 0.2) is 0 Å². The van der Waals surface area contributed by atoms with Gasteiger partial charge in [-0.15, -0.1) is 0 Å². The first-order valence-corrected chi connectivity index (χ1v) is 9.35. The second kappa shape index (κ2) is 7.02. The molecular formula is C21H23N3O3. The van der Waals surface area contributed by atoms with Gasteiger partial charge < -0.3 is 15.0 Å². The van der Waals surface area contributed by atoms with Crippen LogP contribution in [0.4, 0.5) is 4.79 Å². The highest BCUT2D eigenvalue weighted by atomic mass is 16.6. The molecule has 2 amide bonds. The summed E-state index contributed by atoms with van der Waals surface area (Å²) >= 11 is 0. The number of nitrogens with one attached hydrogen (secondary N) is 1. The van der Waals surface area contributed by atoms with Gasteiger partial charge in [0.1, 0.15) is 5.60 Å². The Morgan fingerprint density at radius 2 is 2.00 bits per heavy atom. The van der Waals surface area contributed by atoms with Gasteiger partial charge in [-0.25, -0.2) is 4.79 Å². The number of carbonyl (C=O) groups is 2. The first-order valence-electron chi connectivity index (χ1n) is 9.35. The third kappa shape index (κ3) is 3.39. The largest absolute Gasteiger partial charge is 0.441 e. The van der Waals surface area contributed by atoms with Crippen molar-refractivity contribution in [2.24, 2.45) is 0 Å². The van der Waals surface area contributed by atoms with Crippen molar-refractivity contribution >= 4 is 12.0 Å². The summed E-state index contributed by atoms with van der Waals surface area (Å²) in [5, 5.41) is 2.75. The van der Waals surface area contributed by atoms with Crippen molar-refractivity contribution in [3.8, 4) is 11.1 Å². The highest BCUT2D eigenvalue weighted by Gasteiger charge is 2.42. The second-order valence-electron chi connectivity index (χ2n) is 7.26. The first kappa shape index (κ1) is 17.5. The molecule has 2 aliphatic heterocycles. The quantitative estimate of drug-likeness (QED) is 0.887. The van der Waals surface area contributed by atoms with Gasteiger partial charge in [0, 0.05) is 25.7 Å². The average molecular weight is 365 g/mol. The Bertz CT molecular complexity index is 868. The fourth-order valence-electron chi connectivity index (χ4n) is 4.00. The number of hydrogen-bond donors (Lipinski definition) is 1. The number of ether oxygens (including phenoxy) is 1. The van der Waals surface area contributed by atoms with Crippen LogP contribution in [0.15, 0.2) is 42.6 Å². The number of carbonyl (C=O) groups excluding carboxylic acids is 2. The van der Waals surface area contributed by atoms with Crippen LogP contribution < -0.4 is 5.32 Å². The third-order valence-corrected chi connectivity index (χ3v) is 5.49. The molecule has 2 aromatic rings. The van der Waals surface area contributed by atoms with Crippen LogP contribution in [-0.4, -0.2) is 47.1 Å². The van der Waals surface area contributed by atoms with Gasteiger partial charge in [0.2, 0.25) is 0 Å². The Morgan fingerprint density at radius 3 is 2.74 bits per heavy atom. The van der Waals surface area contributed by atoms with E-state index in [0.29, 0.717) is 31.6 Å². The first-order chi connectivity index (χ1) is 13.1. The monoisotopic (exact) mass is 365 g/mol. The van der Waals surface area contributed by atoms with Crippen LogP contribution in [0.1, 0.15) is 35.3 Å². The van der Waals surface area contributed by atoms with Crippen molar-refractivity contribution < 1.29 is 14.3 Å². The molecule has 2 aliphatic rings. The van der Waals surface area contributed by atoms with Crippen LogP contribution in [-0.2, 0) is 4.74 Å². The molecule has 3 heterocycles. The van der Waals surface area contributed by atoms with Gasteiger partial charge in [0.05, 0.1) is 17.8 Å². The number of pyridine rings is 1. The fourth-order valence-corrected chi connectivity index (χ4v) is 4.00. The van der Waals surface area contributed by atoms with Crippen LogP contribution in [0.5, 0.6) is 0 Å². The van der Waals surface area contributed by atoms with Crippen molar-refractivity contribution in [1.82, 2.24) is 15.2 Å². The van der Waals surface area contributed by atoms with E-state index in [1.54, 1.807) is 6.20 Å². The number of likely N-dealkylation sites (tertiary alicyclic amines) is 1. The molecule has 6 heteroatoms. The van der Waals surface area contributed by atoms with Crippen LogP contribution in [0.2, 0.25) is 0 Å². The van der Waals surface area contributed by atoms with Crippen LogP contribution in [0, 0.1) is 6.92 Å². The lowest BCUT2D eigenvalue weighted by atomic mass is 9.95. The molecule has 0 radical (unpaired) electrons.